The molecule has 0 aromatic heterocycles. The van der Waals surface area contributed by atoms with E-state index in [1.165, 1.54) is 0 Å². The minimum Gasteiger partial charge on any atom is -0.355 e. The number of rotatable bonds is 41. The summed E-state index contributed by atoms with van der Waals surface area (Å²) < 4.78 is 0. The molecule has 0 saturated carbocycles. The molecule has 0 saturated heterocycles. The Morgan fingerprint density at radius 1 is 0.381 bits per heavy atom. The third kappa shape index (κ3) is 35.5. The average molecular weight is 902 g/mol. The van der Waals surface area contributed by atoms with Gasteiger partial charge in [-0.15, -0.1) is 0 Å². The van der Waals surface area contributed by atoms with Crippen LogP contribution in [0.15, 0.2) is 0 Å². The van der Waals surface area contributed by atoms with Gasteiger partial charge in [0.1, 0.15) is 0 Å². The zero-order valence-electron chi connectivity index (χ0n) is 38.2. The number of hydrogen-bond donors (Lipinski definition) is 14. The largest absolute Gasteiger partial charge is 0.355 e. The molecule has 0 bridgehead atoms. The van der Waals surface area contributed by atoms with Crippen molar-refractivity contribution in [2.45, 2.75) is 79.0 Å². The number of nitrogens with zero attached hydrogens (tertiary/aromatic N) is 3. The second-order valence-electron chi connectivity index (χ2n) is 16.9. The normalized spacial score (nSPS) is 11.8. The van der Waals surface area contributed by atoms with Crippen molar-refractivity contribution in [1.29, 1.82) is 0 Å². The molecule has 0 aliphatic carbocycles. The molecule has 23 nitrogen and oxygen atoms in total. The lowest BCUT2D eigenvalue weighted by molar-refractivity contribution is -0.123. The predicted octanol–water partition coefficient (Wildman–Crippen LogP) is -3.13. The average Bonchev–Trinajstić information content (AvgIpc) is 3.23. The fourth-order valence-electron chi connectivity index (χ4n) is 6.80. The lowest BCUT2D eigenvalue weighted by Gasteiger charge is -2.38. The minimum absolute atomic E-state index is 0.120. The van der Waals surface area contributed by atoms with Crippen LogP contribution in [0.4, 0.5) is 0 Å². The van der Waals surface area contributed by atoms with Crippen LogP contribution in [0.2, 0.25) is 6.32 Å². The quantitative estimate of drug-likeness (QED) is 0.0164. The second-order valence-corrected chi connectivity index (χ2v) is 16.9. The Balaban J connectivity index is 5.45. The minimum atomic E-state index is -0.219. The van der Waals surface area contributed by atoms with E-state index in [0.717, 1.165) is 6.42 Å². The van der Waals surface area contributed by atoms with Crippen LogP contribution in [0.5, 0.6) is 0 Å². The molecule has 0 aliphatic rings. The van der Waals surface area contributed by atoms with Gasteiger partial charge in [0.15, 0.2) is 0 Å². The number of carbonyl (C=O) groups excluding carboxylic acids is 6. The summed E-state index contributed by atoms with van der Waals surface area (Å²) in [5.74, 6) is -1.26. The molecular weight excluding hydrogens is 821 g/mol. The summed E-state index contributed by atoms with van der Waals surface area (Å²) in [4.78, 5) is 81.4. The maximum atomic E-state index is 13.1. The number of carbonyl (C=O) groups is 6. The van der Waals surface area contributed by atoms with Gasteiger partial charge in [0.2, 0.25) is 35.4 Å². The van der Waals surface area contributed by atoms with Crippen LogP contribution >= 0.6 is 0 Å². The van der Waals surface area contributed by atoms with Crippen molar-refractivity contribution in [3.63, 3.8) is 0 Å². The topological polar surface area (TPSA) is 313 Å². The number of hydrogen-bond acceptors (Lipinski definition) is 17. The molecule has 0 heterocycles. The highest BCUT2D eigenvalue weighted by Gasteiger charge is 2.29. The highest BCUT2D eigenvalue weighted by Crippen LogP contribution is 2.36. The number of nitrogens with one attached hydrogen (secondary N) is 10. The Kier molecular flexibility index (Phi) is 34.7. The van der Waals surface area contributed by atoms with E-state index in [4.69, 9.17) is 28.7 Å². The van der Waals surface area contributed by atoms with E-state index >= 15 is 0 Å². The molecule has 0 aliphatic heterocycles. The SMILES string of the molecule is [B]CC(C)(C)CC(C)(C)CN(CCC(=O)NCCN(CCC(=O)NCCNO)CCC(=O)NCCNO)CCC(=O)NCCN(CCC(=O)NCCNO)CCC(=O)NCCNO. The van der Waals surface area contributed by atoms with Gasteiger partial charge < -0.3 is 67.4 Å². The van der Waals surface area contributed by atoms with Gasteiger partial charge in [-0.25, -0.2) is 21.9 Å². The van der Waals surface area contributed by atoms with Gasteiger partial charge in [-0.1, -0.05) is 34.0 Å². The van der Waals surface area contributed by atoms with Gasteiger partial charge >= 0.3 is 0 Å². The molecule has 0 aromatic carbocycles. The standard InChI is InChI=1S/C39H80BN13O10/c1-38(2,30-40)29-39(3,4)31-53(25-9-36(58)45-19-27-51(21-5-32(54)41-11-15-47-60)22-6-33(55)42-12-16-48-61)26-10-37(59)46-20-28-52(23-7-34(56)43-13-17-49-62)24-8-35(57)44-14-18-50-63/h47-50,60-63H,5-31H2,1-4H3,(H,41,54)(H,42,55)(H,43,56)(H,44,57)(H,45,58)(H,46,59). The molecular formula is C39H80BN13O10. The molecule has 6 amide bonds. The van der Waals surface area contributed by atoms with Crippen LogP contribution in [0.1, 0.15) is 72.6 Å². The van der Waals surface area contributed by atoms with Crippen LogP contribution < -0.4 is 53.8 Å². The van der Waals surface area contributed by atoms with Crippen LogP contribution in [-0.4, -0.2) is 203 Å². The van der Waals surface area contributed by atoms with Gasteiger partial charge in [0.05, 0.1) is 7.85 Å². The number of hydroxylamine groups is 4. The highest BCUT2D eigenvalue weighted by atomic mass is 16.5. The molecule has 24 heteroatoms. The Labute approximate surface area is 374 Å². The fraction of sp³-hybridized carbons (Fsp3) is 0.846. The monoisotopic (exact) mass is 902 g/mol. The summed E-state index contributed by atoms with van der Waals surface area (Å²) >= 11 is 0. The van der Waals surface area contributed by atoms with Gasteiger partial charge in [0.25, 0.3) is 0 Å². The van der Waals surface area contributed by atoms with Crippen LogP contribution in [0.25, 0.3) is 0 Å². The summed E-state index contributed by atoms with van der Waals surface area (Å²) in [6.45, 7) is 14.4. The summed E-state index contributed by atoms with van der Waals surface area (Å²) in [5, 5.41) is 51.6. The van der Waals surface area contributed by atoms with E-state index in [-0.39, 0.29) is 150 Å². The van der Waals surface area contributed by atoms with Crippen LogP contribution in [-0.2, 0) is 28.8 Å². The Morgan fingerprint density at radius 2 is 0.635 bits per heavy atom. The van der Waals surface area contributed by atoms with Crippen molar-refractivity contribution in [3.8, 4) is 0 Å². The third-order valence-corrected chi connectivity index (χ3v) is 9.83. The zero-order valence-corrected chi connectivity index (χ0v) is 38.2. The summed E-state index contributed by atoms with van der Waals surface area (Å²) in [6.07, 6.45) is 2.27. The zero-order chi connectivity index (χ0) is 47.4. The van der Waals surface area contributed by atoms with Gasteiger partial charge in [-0.2, -0.15) is 0 Å². The molecule has 0 fully saturated rings. The first-order chi connectivity index (χ1) is 30.0. The van der Waals surface area contributed by atoms with E-state index in [0.29, 0.717) is 65.2 Å². The number of amides is 6. The van der Waals surface area contributed by atoms with Gasteiger partial charge in [-0.05, 0) is 17.3 Å². The van der Waals surface area contributed by atoms with E-state index in [1.54, 1.807) is 0 Å². The molecule has 0 rings (SSSR count). The predicted molar refractivity (Wildman–Crippen MR) is 237 cm³/mol. The fourth-order valence-corrected chi connectivity index (χ4v) is 6.80. The van der Waals surface area contributed by atoms with E-state index < -0.39 is 0 Å². The van der Waals surface area contributed by atoms with E-state index in [1.807, 2.05) is 31.7 Å². The van der Waals surface area contributed by atoms with Crippen molar-refractivity contribution < 1.29 is 49.6 Å². The lowest BCUT2D eigenvalue weighted by Crippen LogP contribution is -2.43. The molecule has 0 aromatic rings. The Hall–Kier alpha value is -3.56. The maximum absolute atomic E-state index is 13.1. The van der Waals surface area contributed by atoms with Crippen molar-refractivity contribution in [2.24, 2.45) is 10.8 Å². The van der Waals surface area contributed by atoms with E-state index in [2.05, 4.69) is 64.5 Å². The Morgan fingerprint density at radius 3 is 0.889 bits per heavy atom. The molecule has 2 radical (unpaired) electrons. The van der Waals surface area contributed by atoms with Crippen molar-refractivity contribution in [3.05, 3.63) is 0 Å². The summed E-state index contributed by atoms with van der Waals surface area (Å²) in [5.41, 5.74) is 7.60. The first kappa shape index (κ1) is 59.4. The van der Waals surface area contributed by atoms with Gasteiger partial charge in [0, 0.05) is 163 Å². The van der Waals surface area contributed by atoms with Crippen molar-refractivity contribution >= 4 is 43.3 Å². The van der Waals surface area contributed by atoms with Crippen LogP contribution in [0, 0.1) is 10.8 Å². The smallest absolute Gasteiger partial charge is 0.221 e. The molecule has 63 heavy (non-hydrogen) atoms. The molecule has 364 valence electrons. The maximum Gasteiger partial charge on any atom is 0.221 e. The highest BCUT2D eigenvalue weighted by molar-refractivity contribution is 6.08. The van der Waals surface area contributed by atoms with Crippen molar-refractivity contribution in [2.75, 3.05) is 124 Å². The lowest BCUT2D eigenvalue weighted by atomic mass is 9.69. The third-order valence-electron chi connectivity index (χ3n) is 9.83. The van der Waals surface area contributed by atoms with Gasteiger partial charge in [-0.3, -0.25) is 28.8 Å². The first-order valence-corrected chi connectivity index (χ1v) is 21.9. The van der Waals surface area contributed by atoms with E-state index in [9.17, 15) is 28.8 Å². The molecule has 14 N–H and O–H groups in total. The van der Waals surface area contributed by atoms with Crippen molar-refractivity contribution in [1.82, 2.24) is 68.5 Å². The summed E-state index contributed by atoms with van der Waals surface area (Å²) in [6, 6.07) is 0. The molecule has 0 spiro atoms. The second kappa shape index (κ2) is 36.7. The molecule has 0 atom stereocenters. The Bertz CT molecular complexity index is 1160. The summed E-state index contributed by atoms with van der Waals surface area (Å²) in [7, 11) is 6.06. The van der Waals surface area contributed by atoms with Crippen LogP contribution in [0.3, 0.4) is 0 Å². The molecule has 0 unspecified atom stereocenters. The first-order valence-electron chi connectivity index (χ1n) is 21.9.